The number of benzene rings is 1. The van der Waals surface area contributed by atoms with Crippen LogP contribution in [0.15, 0.2) is 45.7 Å². The van der Waals surface area contributed by atoms with E-state index in [1.807, 2.05) is 6.92 Å². The van der Waals surface area contributed by atoms with Crippen LogP contribution < -0.4 is 5.73 Å². The van der Waals surface area contributed by atoms with Crippen LogP contribution in [-0.4, -0.2) is 15.1 Å². The van der Waals surface area contributed by atoms with Gasteiger partial charge in [0.1, 0.15) is 17.2 Å². The van der Waals surface area contributed by atoms with Crippen LogP contribution in [0.1, 0.15) is 5.56 Å². The van der Waals surface area contributed by atoms with Crippen molar-refractivity contribution < 1.29 is 13.3 Å². The quantitative estimate of drug-likeness (QED) is 0.608. The van der Waals surface area contributed by atoms with Gasteiger partial charge in [0, 0.05) is 17.1 Å². The molecule has 0 bridgehead atoms. The molecule has 7 heteroatoms. The van der Waals surface area contributed by atoms with Crippen molar-refractivity contribution in [2.75, 3.05) is 5.73 Å². The first-order chi connectivity index (χ1) is 11.1. The van der Waals surface area contributed by atoms with Gasteiger partial charge in [-0.1, -0.05) is 5.16 Å². The number of hydrogen-bond donors (Lipinski definition) is 1. The Morgan fingerprint density at radius 1 is 1.22 bits per heavy atom. The SMILES string of the molecule is Cc1cc(-c2noc(-c3c(F)ccc4occc34)n2)cnc1N. The summed E-state index contributed by atoms with van der Waals surface area (Å²) < 4.78 is 24.7. The fourth-order valence-electron chi connectivity index (χ4n) is 2.38. The lowest BCUT2D eigenvalue weighted by atomic mass is 10.1. The standard InChI is InChI=1S/C16H11FN4O2/c1-8-6-9(7-19-14(8)18)15-20-16(23-21-15)13-10-4-5-22-12(10)3-2-11(13)17/h2-7H,1H3,(H2,18,19). The Bertz CT molecular complexity index is 1020. The van der Waals surface area contributed by atoms with Crippen molar-refractivity contribution in [2.24, 2.45) is 0 Å². The van der Waals surface area contributed by atoms with Gasteiger partial charge in [-0.3, -0.25) is 0 Å². The first kappa shape index (κ1) is 13.4. The minimum atomic E-state index is -0.458. The zero-order chi connectivity index (χ0) is 16.0. The molecule has 0 aliphatic rings. The lowest BCUT2D eigenvalue weighted by Crippen LogP contribution is -1.94. The normalized spacial score (nSPS) is 11.2. The number of pyridine rings is 1. The highest BCUT2D eigenvalue weighted by molar-refractivity contribution is 5.92. The molecule has 2 N–H and O–H groups in total. The van der Waals surface area contributed by atoms with Crippen molar-refractivity contribution in [2.45, 2.75) is 6.92 Å². The van der Waals surface area contributed by atoms with Crippen LogP contribution in [0.25, 0.3) is 33.8 Å². The van der Waals surface area contributed by atoms with E-state index in [4.69, 9.17) is 14.7 Å². The molecule has 0 aliphatic carbocycles. The van der Waals surface area contributed by atoms with Crippen molar-refractivity contribution in [3.05, 3.63) is 48.1 Å². The molecule has 0 aliphatic heterocycles. The second-order valence-electron chi connectivity index (χ2n) is 5.10. The lowest BCUT2D eigenvalue weighted by molar-refractivity contribution is 0.430. The second-order valence-corrected chi connectivity index (χ2v) is 5.10. The van der Waals surface area contributed by atoms with Crippen LogP contribution in [0, 0.1) is 12.7 Å². The maximum Gasteiger partial charge on any atom is 0.261 e. The summed E-state index contributed by atoms with van der Waals surface area (Å²) in [6, 6.07) is 6.32. The molecular formula is C16H11FN4O2. The number of hydrogen-bond acceptors (Lipinski definition) is 6. The fraction of sp³-hybridized carbons (Fsp3) is 0.0625. The number of fused-ring (bicyclic) bond motifs is 1. The maximum absolute atomic E-state index is 14.2. The van der Waals surface area contributed by atoms with Gasteiger partial charge >= 0.3 is 0 Å². The smallest absolute Gasteiger partial charge is 0.261 e. The molecule has 0 atom stereocenters. The topological polar surface area (TPSA) is 91.0 Å². The summed E-state index contributed by atoms with van der Waals surface area (Å²) in [4.78, 5) is 8.34. The van der Waals surface area contributed by atoms with Gasteiger partial charge in [0.25, 0.3) is 5.89 Å². The predicted molar refractivity (Wildman–Crippen MR) is 81.8 cm³/mol. The van der Waals surface area contributed by atoms with Gasteiger partial charge in [0.2, 0.25) is 5.82 Å². The Morgan fingerprint density at radius 3 is 2.91 bits per heavy atom. The number of nitrogen functional groups attached to an aromatic ring is 1. The van der Waals surface area contributed by atoms with Gasteiger partial charge in [-0.25, -0.2) is 9.37 Å². The summed E-state index contributed by atoms with van der Waals surface area (Å²) in [5, 5.41) is 4.48. The van der Waals surface area contributed by atoms with Gasteiger partial charge in [0.15, 0.2) is 0 Å². The number of nitrogens with two attached hydrogens (primary N) is 1. The van der Waals surface area contributed by atoms with Gasteiger partial charge < -0.3 is 14.7 Å². The summed E-state index contributed by atoms with van der Waals surface area (Å²) >= 11 is 0. The minimum Gasteiger partial charge on any atom is -0.464 e. The van der Waals surface area contributed by atoms with E-state index in [1.54, 1.807) is 24.4 Å². The first-order valence-electron chi connectivity index (χ1n) is 6.86. The highest BCUT2D eigenvalue weighted by Crippen LogP contribution is 2.32. The fourth-order valence-corrected chi connectivity index (χ4v) is 2.38. The second kappa shape index (κ2) is 4.91. The molecule has 3 heterocycles. The Hall–Kier alpha value is -3.22. The van der Waals surface area contributed by atoms with Gasteiger partial charge in [-0.15, -0.1) is 0 Å². The van der Waals surface area contributed by atoms with Crippen molar-refractivity contribution in [3.8, 4) is 22.8 Å². The molecule has 0 radical (unpaired) electrons. The van der Waals surface area contributed by atoms with Gasteiger partial charge in [-0.2, -0.15) is 4.98 Å². The Balaban J connectivity index is 1.85. The summed E-state index contributed by atoms with van der Waals surface area (Å²) in [6.07, 6.45) is 3.03. The van der Waals surface area contributed by atoms with Gasteiger partial charge in [-0.05, 0) is 36.8 Å². The molecule has 0 fully saturated rings. The molecule has 23 heavy (non-hydrogen) atoms. The van der Waals surface area contributed by atoms with Crippen LogP contribution in [0.4, 0.5) is 10.2 Å². The number of aromatic nitrogens is 3. The largest absolute Gasteiger partial charge is 0.464 e. The van der Waals surface area contributed by atoms with E-state index in [9.17, 15) is 4.39 Å². The molecule has 114 valence electrons. The van der Waals surface area contributed by atoms with E-state index < -0.39 is 5.82 Å². The molecule has 6 nitrogen and oxygen atoms in total. The third-order valence-corrected chi connectivity index (χ3v) is 3.60. The number of halogens is 1. The van der Waals surface area contributed by atoms with Crippen LogP contribution in [-0.2, 0) is 0 Å². The summed E-state index contributed by atoms with van der Waals surface area (Å²) in [5.74, 6) is 0.377. The first-order valence-corrected chi connectivity index (χ1v) is 6.86. The molecule has 0 spiro atoms. The van der Waals surface area contributed by atoms with Crippen molar-refractivity contribution in [1.82, 2.24) is 15.1 Å². The maximum atomic E-state index is 14.2. The number of furan rings is 1. The van der Waals surface area contributed by atoms with Crippen molar-refractivity contribution >= 4 is 16.8 Å². The van der Waals surface area contributed by atoms with Gasteiger partial charge in [0.05, 0.1) is 11.8 Å². The van der Waals surface area contributed by atoms with E-state index in [0.717, 1.165) is 5.56 Å². The molecule has 4 aromatic rings. The zero-order valence-corrected chi connectivity index (χ0v) is 12.1. The lowest BCUT2D eigenvalue weighted by Gasteiger charge is -2.00. The molecular weight excluding hydrogens is 299 g/mol. The average Bonchev–Trinajstić information content (AvgIpc) is 3.19. The highest BCUT2D eigenvalue weighted by Gasteiger charge is 2.19. The van der Waals surface area contributed by atoms with E-state index in [-0.39, 0.29) is 11.5 Å². The third-order valence-electron chi connectivity index (χ3n) is 3.60. The molecule has 1 aromatic carbocycles. The van der Waals surface area contributed by atoms with E-state index in [2.05, 4.69) is 15.1 Å². The molecule has 0 saturated heterocycles. The summed E-state index contributed by atoms with van der Waals surface area (Å²) in [6.45, 7) is 1.83. The highest BCUT2D eigenvalue weighted by atomic mass is 19.1. The van der Waals surface area contributed by atoms with Crippen LogP contribution in [0.5, 0.6) is 0 Å². The molecule has 4 rings (SSSR count). The monoisotopic (exact) mass is 310 g/mol. The minimum absolute atomic E-state index is 0.0824. The molecule has 3 aromatic heterocycles. The number of aryl methyl sites for hydroxylation is 1. The van der Waals surface area contributed by atoms with E-state index in [1.165, 1.54) is 12.3 Å². The van der Waals surface area contributed by atoms with Crippen LogP contribution in [0.2, 0.25) is 0 Å². The van der Waals surface area contributed by atoms with Crippen molar-refractivity contribution in [1.29, 1.82) is 0 Å². The summed E-state index contributed by atoms with van der Waals surface area (Å²) in [7, 11) is 0. The van der Waals surface area contributed by atoms with Crippen molar-refractivity contribution in [3.63, 3.8) is 0 Å². The van der Waals surface area contributed by atoms with Crippen LogP contribution in [0.3, 0.4) is 0 Å². The van der Waals surface area contributed by atoms with E-state index >= 15 is 0 Å². The zero-order valence-electron chi connectivity index (χ0n) is 12.1. The summed E-state index contributed by atoms with van der Waals surface area (Å²) in [5.41, 5.74) is 7.91. The molecule has 0 amide bonds. The Labute approximate surface area is 129 Å². The average molecular weight is 310 g/mol. The third kappa shape index (κ3) is 2.13. The predicted octanol–water partition coefficient (Wildman–Crippen LogP) is 3.57. The molecule has 0 unspecified atom stereocenters. The number of nitrogens with zero attached hydrogens (tertiary/aromatic N) is 3. The molecule has 0 saturated carbocycles. The van der Waals surface area contributed by atoms with Crippen LogP contribution >= 0.6 is 0 Å². The Morgan fingerprint density at radius 2 is 2.09 bits per heavy atom. The number of rotatable bonds is 2. The Kier molecular flexibility index (Phi) is 2.87. The number of anilines is 1. The van der Waals surface area contributed by atoms with E-state index in [0.29, 0.717) is 28.2 Å².